The molecule has 2 nitrogen and oxygen atoms in total. The van der Waals surface area contributed by atoms with Crippen LogP contribution in [0.3, 0.4) is 0 Å². The molecule has 0 aliphatic heterocycles. The lowest BCUT2D eigenvalue weighted by Crippen LogP contribution is -2.45. The normalized spacial score (nSPS) is 38.6. The van der Waals surface area contributed by atoms with Crippen LogP contribution in [0, 0.1) is 29.1 Å². The highest BCUT2D eigenvalue weighted by atomic mass is 16.5. The molecule has 0 spiro atoms. The smallest absolute Gasteiger partial charge is 0.119 e. The quantitative estimate of drug-likeness (QED) is 0.763. The number of rotatable bonds is 4. The zero-order valence-electron chi connectivity index (χ0n) is 17.0. The van der Waals surface area contributed by atoms with Gasteiger partial charge in [-0.25, -0.2) is 0 Å². The van der Waals surface area contributed by atoms with E-state index in [9.17, 15) is 5.11 Å². The minimum absolute atomic E-state index is 0.235. The third-order valence-corrected chi connectivity index (χ3v) is 8.09. The van der Waals surface area contributed by atoms with Gasteiger partial charge in [0.25, 0.3) is 0 Å². The van der Waals surface area contributed by atoms with Gasteiger partial charge in [0.15, 0.2) is 0 Å². The zero-order chi connectivity index (χ0) is 18.5. The van der Waals surface area contributed by atoms with Crippen LogP contribution in [0.2, 0.25) is 0 Å². The summed E-state index contributed by atoms with van der Waals surface area (Å²) in [5.74, 6) is 4.91. The second-order valence-corrected chi connectivity index (χ2v) is 9.83. The first-order chi connectivity index (χ1) is 12.4. The van der Waals surface area contributed by atoms with Crippen molar-refractivity contribution >= 4 is 0 Å². The predicted octanol–water partition coefficient (Wildman–Crippen LogP) is 5.57. The van der Waals surface area contributed by atoms with Crippen LogP contribution >= 0.6 is 0 Å². The first-order valence-electron chi connectivity index (χ1n) is 10.8. The van der Waals surface area contributed by atoms with Crippen molar-refractivity contribution < 1.29 is 9.84 Å². The van der Waals surface area contributed by atoms with E-state index >= 15 is 0 Å². The van der Waals surface area contributed by atoms with Crippen LogP contribution in [-0.2, 0) is 6.42 Å². The Morgan fingerprint density at radius 1 is 1.23 bits per heavy atom. The van der Waals surface area contributed by atoms with Crippen molar-refractivity contribution in [2.45, 2.75) is 78.2 Å². The van der Waals surface area contributed by atoms with E-state index in [0.717, 1.165) is 41.8 Å². The van der Waals surface area contributed by atoms with Gasteiger partial charge in [-0.1, -0.05) is 19.9 Å². The van der Waals surface area contributed by atoms with Crippen LogP contribution in [0.4, 0.5) is 0 Å². The van der Waals surface area contributed by atoms with Gasteiger partial charge < -0.3 is 9.84 Å². The lowest BCUT2D eigenvalue weighted by Gasteiger charge is -2.53. The van der Waals surface area contributed by atoms with E-state index in [1.807, 2.05) is 0 Å². The number of aliphatic hydroxyl groups excluding tert-OH is 1. The molecule has 0 amide bonds. The Morgan fingerprint density at radius 2 is 2.04 bits per heavy atom. The summed E-state index contributed by atoms with van der Waals surface area (Å²) in [4.78, 5) is 0. The molecule has 2 saturated carbocycles. The molecular weight excluding hydrogens is 320 g/mol. The maximum Gasteiger partial charge on any atom is 0.119 e. The van der Waals surface area contributed by atoms with Crippen molar-refractivity contribution in [3.8, 4) is 5.75 Å². The van der Waals surface area contributed by atoms with Crippen LogP contribution in [0.5, 0.6) is 5.75 Å². The van der Waals surface area contributed by atoms with Gasteiger partial charge in [-0.15, -0.1) is 0 Å². The van der Waals surface area contributed by atoms with Gasteiger partial charge in [-0.3, -0.25) is 0 Å². The second kappa shape index (κ2) is 6.86. The molecule has 0 bridgehead atoms. The summed E-state index contributed by atoms with van der Waals surface area (Å²) in [6.07, 6.45) is 7.79. The fraction of sp³-hybridized carbons (Fsp3) is 0.750. The van der Waals surface area contributed by atoms with Crippen molar-refractivity contribution in [1.29, 1.82) is 0 Å². The van der Waals surface area contributed by atoms with E-state index < -0.39 is 0 Å². The highest BCUT2D eigenvalue weighted by Gasteiger charge is 2.55. The maximum absolute atomic E-state index is 9.52. The third-order valence-electron chi connectivity index (χ3n) is 8.09. The summed E-state index contributed by atoms with van der Waals surface area (Å²) >= 11 is 0. The molecule has 144 valence electrons. The van der Waals surface area contributed by atoms with Gasteiger partial charge in [0.1, 0.15) is 5.75 Å². The molecule has 2 heteroatoms. The van der Waals surface area contributed by atoms with Gasteiger partial charge in [-0.2, -0.15) is 0 Å². The van der Waals surface area contributed by atoms with Gasteiger partial charge in [0.05, 0.1) is 6.10 Å². The summed E-state index contributed by atoms with van der Waals surface area (Å²) in [6, 6.07) is 6.89. The van der Waals surface area contributed by atoms with Gasteiger partial charge in [0, 0.05) is 6.61 Å². The molecular formula is C24H36O2. The minimum atomic E-state index is 0.235. The van der Waals surface area contributed by atoms with Crippen molar-refractivity contribution in [1.82, 2.24) is 0 Å². The fourth-order valence-corrected chi connectivity index (χ4v) is 7.04. The molecule has 3 aliphatic carbocycles. The number of fused-ring (bicyclic) bond motifs is 5. The van der Waals surface area contributed by atoms with Gasteiger partial charge in [-0.05, 0) is 111 Å². The van der Waals surface area contributed by atoms with E-state index in [1.165, 1.54) is 37.7 Å². The first-order valence-corrected chi connectivity index (χ1v) is 10.8. The van der Waals surface area contributed by atoms with Crippen molar-refractivity contribution in [3.05, 3.63) is 29.3 Å². The van der Waals surface area contributed by atoms with E-state index in [2.05, 4.69) is 45.9 Å². The Kier molecular flexibility index (Phi) is 4.84. The molecule has 6 atom stereocenters. The fourth-order valence-electron chi connectivity index (χ4n) is 7.04. The number of ether oxygens (including phenoxy) is 1. The molecule has 1 aromatic rings. The Balaban J connectivity index is 1.63. The largest absolute Gasteiger partial charge is 0.491 e. The summed E-state index contributed by atoms with van der Waals surface area (Å²) in [7, 11) is 0. The van der Waals surface area contributed by atoms with Gasteiger partial charge >= 0.3 is 0 Å². The Morgan fingerprint density at radius 3 is 2.77 bits per heavy atom. The first kappa shape index (κ1) is 18.3. The molecule has 3 aliphatic rings. The molecule has 26 heavy (non-hydrogen) atoms. The Bertz CT molecular complexity index is 652. The Hall–Kier alpha value is -1.02. The average molecular weight is 357 g/mol. The van der Waals surface area contributed by atoms with Crippen LogP contribution in [0.1, 0.15) is 76.8 Å². The third kappa shape index (κ3) is 2.89. The Labute approximate surface area is 159 Å². The summed E-state index contributed by atoms with van der Waals surface area (Å²) in [5.41, 5.74) is 3.60. The number of benzene rings is 1. The van der Waals surface area contributed by atoms with Crippen molar-refractivity contribution in [2.24, 2.45) is 29.1 Å². The minimum Gasteiger partial charge on any atom is -0.491 e. The summed E-state index contributed by atoms with van der Waals surface area (Å²) < 4.78 is 5.95. The summed E-state index contributed by atoms with van der Waals surface area (Å²) in [5, 5.41) is 9.52. The summed E-state index contributed by atoms with van der Waals surface area (Å²) in [6.45, 7) is 9.59. The highest BCUT2D eigenvalue weighted by molar-refractivity contribution is 5.41. The molecule has 0 aromatic heterocycles. The molecule has 4 unspecified atom stereocenters. The van der Waals surface area contributed by atoms with Gasteiger partial charge in [0.2, 0.25) is 0 Å². The standard InChI is InChI=1S/C24H36O2/c1-15(2)26-19-6-7-20-17(14-19)13-16(3)23-21(20)9-11-24(4)18(10-12-25)5-8-22(23)24/h6-7,14-16,18,21-23,25H,5,8-13H2,1-4H3/t16-,18-,21?,22?,23?,24?/m1/s1. The van der Waals surface area contributed by atoms with E-state index in [4.69, 9.17) is 4.74 Å². The molecule has 2 fully saturated rings. The van der Waals surface area contributed by atoms with E-state index in [-0.39, 0.29) is 6.10 Å². The lowest BCUT2D eigenvalue weighted by molar-refractivity contribution is 0.000111. The van der Waals surface area contributed by atoms with Crippen molar-refractivity contribution in [2.75, 3.05) is 6.61 Å². The highest BCUT2D eigenvalue weighted by Crippen LogP contribution is 2.64. The van der Waals surface area contributed by atoms with E-state index in [0.29, 0.717) is 12.0 Å². The predicted molar refractivity (Wildman–Crippen MR) is 107 cm³/mol. The van der Waals surface area contributed by atoms with Crippen LogP contribution in [0.15, 0.2) is 18.2 Å². The molecule has 1 aromatic carbocycles. The molecule has 0 saturated heterocycles. The molecule has 0 heterocycles. The topological polar surface area (TPSA) is 29.5 Å². The van der Waals surface area contributed by atoms with Crippen molar-refractivity contribution in [3.63, 3.8) is 0 Å². The monoisotopic (exact) mass is 356 g/mol. The number of hydrogen-bond acceptors (Lipinski definition) is 2. The molecule has 0 radical (unpaired) electrons. The zero-order valence-corrected chi connectivity index (χ0v) is 17.0. The number of hydrogen-bond donors (Lipinski definition) is 1. The maximum atomic E-state index is 9.52. The van der Waals surface area contributed by atoms with Crippen LogP contribution in [0.25, 0.3) is 0 Å². The average Bonchev–Trinajstić information content (AvgIpc) is 2.91. The molecule has 4 rings (SSSR count). The lowest BCUT2D eigenvalue weighted by atomic mass is 9.51. The SMILES string of the molecule is CC(C)Oc1ccc2c(c1)C[C@@H](C)C1C2CCC2(C)C1CC[C@@H]2CCO. The van der Waals surface area contributed by atoms with Crippen LogP contribution in [-0.4, -0.2) is 17.8 Å². The van der Waals surface area contributed by atoms with E-state index in [1.54, 1.807) is 5.56 Å². The van der Waals surface area contributed by atoms with Crippen LogP contribution < -0.4 is 4.74 Å². The molecule has 1 N–H and O–H groups in total. The second-order valence-electron chi connectivity index (χ2n) is 9.83. The number of aliphatic hydroxyl groups is 1.